The third-order valence-electron chi connectivity index (χ3n) is 3.54. The maximum Gasteiger partial charge on any atom is 0.236 e. The van der Waals surface area contributed by atoms with Crippen LogP contribution in [0, 0.1) is 0 Å². The highest BCUT2D eigenvalue weighted by Gasteiger charge is 2.17. The number of hydrogen-bond acceptors (Lipinski definition) is 3. The molecule has 1 aliphatic heterocycles. The lowest BCUT2D eigenvalue weighted by molar-refractivity contribution is 0.600. The van der Waals surface area contributed by atoms with Crippen molar-refractivity contribution in [3.8, 4) is 0 Å². The summed E-state index contributed by atoms with van der Waals surface area (Å²) in [6.45, 7) is 0.879. The summed E-state index contributed by atoms with van der Waals surface area (Å²) in [6.07, 6.45) is 2.06. The fourth-order valence-electron chi connectivity index (χ4n) is 2.59. The Bertz CT molecular complexity index is 727. The molecule has 0 saturated heterocycles. The Morgan fingerprint density at radius 3 is 2.67 bits per heavy atom. The number of hydrogen-bond donors (Lipinski definition) is 2. The van der Waals surface area contributed by atoms with Gasteiger partial charge < -0.3 is 5.32 Å². The smallest absolute Gasteiger partial charge is 0.236 e. The van der Waals surface area contributed by atoms with Gasteiger partial charge in [-0.1, -0.05) is 42.5 Å². The molecule has 0 radical (unpaired) electrons. The zero-order valence-electron chi connectivity index (χ0n) is 11.7. The summed E-state index contributed by atoms with van der Waals surface area (Å²) < 4.78 is 27.3. The first kappa shape index (κ1) is 13.9. The van der Waals surface area contributed by atoms with Crippen LogP contribution in [0.3, 0.4) is 0 Å². The van der Waals surface area contributed by atoms with Crippen molar-refractivity contribution >= 4 is 21.4 Å². The van der Waals surface area contributed by atoms with E-state index in [0.29, 0.717) is 5.69 Å². The van der Waals surface area contributed by atoms with Gasteiger partial charge in [0.1, 0.15) is 0 Å². The number of nitrogens with one attached hydrogen (secondary N) is 2. The molecule has 0 fully saturated rings. The van der Waals surface area contributed by atoms with Gasteiger partial charge in [-0.3, -0.25) is 4.72 Å². The van der Waals surface area contributed by atoms with Gasteiger partial charge in [-0.2, -0.15) is 0 Å². The van der Waals surface area contributed by atoms with Crippen molar-refractivity contribution in [2.75, 3.05) is 16.6 Å². The molecule has 1 heterocycles. The largest absolute Gasteiger partial charge is 0.383 e. The van der Waals surface area contributed by atoms with Crippen LogP contribution in [0.15, 0.2) is 48.5 Å². The van der Waals surface area contributed by atoms with Gasteiger partial charge in [0, 0.05) is 6.54 Å². The summed E-state index contributed by atoms with van der Waals surface area (Å²) in [7, 11) is -3.41. The van der Waals surface area contributed by atoms with Gasteiger partial charge in [-0.15, -0.1) is 0 Å². The van der Waals surface area contributed by atoms with Crippen LogP contribution in [0.1, 0.15) is 17.5 Å². The fourth-order valence-corrected chi connectivity index (χ4v) is 3.80. The number of para-hydroxylation sites is 1. The Labute approximate surface area is 125 Å². The zero-order valence-corrected chi connectivity index (χ0v) is 12.5. The topological polar surface area (TPSA) is 58.2 Å². The third kappa shape index (κ3) is 3.36. The van der Waals surface area contributed by atoms with Gasteiger partial charge in [-0.05, 0) is 30.0 Å². The molecule has 0 amide bonds. The van der Waals surface area contributed by atoms with Crippen molar-refractivity contribution in [3.05, 3.63) is 59.7 Å². The average molecular weight is 302 g/mol. The first-order valence-electron chi connectivity index (χ1n) is 7.04. The van der Waals surface area contributed by atoms with E-state index in [2.05, 4.69) is 10.0 Å². The Kier molecular flexibility index (Phi) is 3.84. The van der Waals surface area contributed by atoms with Gasteiger partial charge in [-0.25, -0.2) is 8.42 Å². The van der Waals surface area contributed by atoms with E-state index in [9.17, 15) is 8.42 Å². The van der Waals surface area contributed by atoms with Gasteiger partial charge in [0.15, 0.2) is 0 Å². The second-order valence-electron chi connectivity index (χ2n) is 5.22. The molecule has 110 valence electrons. The minimum atomic E-state index is -3.41. The van der Waals surface area contributed by atoms with E-state index in [-0.39, 0.29) is 5.75 Å². The molecule has 1 aliphatic rings. The molecule has 0 saturated carbocycles. The molecular weight excluding hydrogens is 284 g/mol. The van der Waals surface area contributed by atoms with E-state index in [1.807, 2.05) is 42.5 Å². The molecule has 0 bridgehead atoms. The van der Waals surface area contributed by atoms with E-state index in [0.717, 1.165) is 30.6 Å². The Balaban J connectivity index is 1.83. The van der Waals surface area contributed by atoms with E-state index in [1.165, 1.54) is 5.56 Å². The summed E-state index contributed by atoms with van der Waals surface area (Å²) in [5.74, 6) is -0.0164. The van der Waals surface area contributed by atoms with E-state index in [4.69, 9.17) is 0 Å². The number of anilines is 2. The summed E-state index contributed by atoms with van der Waals surface area (Å²) >= 11 is 0. The maximum atomic E-state index is 12.3. The molecule has 21 heavy (non-hydrogen) atoms. The van der Waals surface area contributed by atoms with E-state index in [1.54, 1.807) is 6.07 Å². The molecule has 0 aromatic heterocycles. The number of rotatable bonds is 4. The molecule has 0 aliphatic carbocycles. The zero-order chi connectivity index (χ0) is 14.7. The van der Waals surface area contributed by atoms with Crippen molar-refractivity contribution in [2.24, 2.45) is 0 Å². The lowest BCUT2D eigenvalue weighted by Crippen LogP contribution is -2.19. The molecule has 2 aromatic rings. The highest BCUT2D eigenvalue weighted by atomic mass is 32.2. The lowest BCUT2D eigenvalue weighted by atomic mass is 10.0. The van der Waals surface area contributed by atoms with E-state index < -0.39 is 10.0 Å². The molecule has 4 nitrogen and oxygen atoms in total. The van der Waals surface area contributed by atoms with Crippen LogP contribution in [0.25, 0.3) is 0 Å². The number of sulfonamides is 1. The van der Waals surface area contributed by atoms with Crippen LogP contribution in [0.2, 0.25) is 0 Å². The van der Waals surface area contributed by atoms with Crippen LogP contribution in [-0.2, 0) is 22.2 Å². The second kappa shape index (κ2) is 5.77. The van der Waals surface area contributed by atoms with Gasteiger partial charge in [0.25, 0.3) is 0 Å². The Hall–Kier alpha value is -2.01. The summed E-state index contributed by atoms with van der Waals surface area (Å²) in [4.78, 5) is 0. The molecule has 5 heteroatoms. The molecule has 2 aromatic carbocycles. The molecular formula is C16H18N2O2S. The quantitative estimate of drug-likeness (QED) is 0.913. The number of aryl methyl sites for hydroxylation is 1. The predicted molar refractivity (Wildman–Crippen MR) is 85.9 cm³/mol. The lowest BCUT2D eigenvalue weighted by Gasteiger charge is -2.21. The van der Waals surface area contributed by atoms with Crippen molar-refractivity contribution in [3.63, 3.8) is 0 Å². The molecule has 3 rings (SSSR count). The van der Waals surface area contributed by atoms with Gasteiger partial charge >= 0.3 is 0 Å². The predicted octanol–water partition coefficient (Wildman–Crippen LogP) is 2.99. The standard InChI is InChI=1S/C16H18N2O2S/c19-21(20,12-13-6-2-1-3-7-13)18-15-10-4-8-14-9-5-11-17-16(14)15/h1-4,6-8,10,17-18H,5,9,11-12H2. The summed E-state index contributed by atoms with van der Waals surface area (Å²) in [6, 6.07) is 14.9. The van der Waals surface area contributed by atoms with Crippen LogP contribution < -0.4 is 10.0 Å². The summed E-state index contributed by atoms with van der Waals surface area (Å²) in [5, 5.41) is 3.29. The van der Waals surface area contributed by atoms with Crippen LogP contribution in [0.5, 0.6) is 0 Å². The number of benzene rings is 2. The molecule has 0 atom stereocenters. The average Bonchev–Trinajstić information content (AvgIpc) is 2.48. The van der Waals surface area contributed by atoms with Gasteiger partial charge in [0.2, 0.25) is 10.0 Å². The van der Waals surface area contributed by atoms with E-state index >= 15 is 0 Å². The molecule has 2 N–H and O–H groups in total. The first-order chi connectivity index (χ1) is 10.1. The normalized spacial score (nSPS) is 14.1. The SMILES string of the molecule is O=S(=O)(Cc1ccccc1)Nc1cccc2c1NCCC2. The highest BCUT2D eigenvalue weighted by molar-refractivity contribution is 7.91. The van der Waals surface area contributed by atoms with Crippen molar-refractivity contribution in [2.45, 2.75) is 18.6 Å². The van der Waals surface area contributed by atoms with Gasteiger partial charge in [0.05, 0.1) is 17.1 Å². The minimum Gasteiger partial charge on any atom is -0.383 e. The Morgan fingerprint density at radius 2 is 1.86 bits per heavy atom. The maximum absolute atomic E-state index is 12.3. The fraction of sp³-hybridized carbons (Fsp3) is 0.250. The van der Waals surface area contributed by atoms with Crippen molar-refractivity contribution in [1.29, 1.82) is 0 Å². The first-order valence-corrected chi connectivity index (χ1v) is 8.69. The summed E-state index contributed by atoms with van der Waals surface area (Å²) in [5.41, 5.74) is 3.51. The van der Waals surface area contributed by atoms with Crippen LogP contribution in [0.4, 0.5) is 11.4 Å². The number of fused-ring (bicyclic) bond motifs is 1. The molecule has 0 spiro atoms. The second-order valence-corrected chi connectivity index (χ2v) is 6.94. The highest BCUT2D eigenvalue weighted by Crippen LogP contribution is 2.31. The van der Waals surface area contributed by atoms with Crippen LogP contribution >= 0.6 is 0 Å². The minimum absolute atomic E-state index is 0.0164. The molecule has 0 unspecified atom stereocenters. The monoisotopic (exact) mass is 302 g/mol. The van der Waals surface area contributed by atoms with Crippen LogP contribution in [-0.4, -0.2) is 15.0 Å². The van der Waals surface area contributed by atoms with Crippen molar-refractivity contribution < 1.29 is 8.42 Å². The third-order valence-corrected chi connectivity index (χ3v) is 4.78. The Morgan fingerprint density at radius 1 is 1.05 bits per heavy atom. The van der Waals surface area contributed by atoms with Crippen molar-refractivity contribution in [1.82, 2.24) is 0 Å².